The Morgan fingerprint density at radius 3 is 3.06 bits per heavy atom. The molecule has 3 rings (SSSR count). The van der Waals surface area contributed by atoms with Crippen LogP contribution in [0.4, 0.5) is 5.69 Å². The van der Waals surface area contributed by atoms with Gasteiger partial charge in [-0.1, -0.05) is 24.3 Å². The summed E-state index contributed by atoms with van der Waals surface area (Å²) in [5.41, 5.74) is 2.23. The van der Waals surface area contributed by atoms with Crippen molar-refractivity contribution < 1.29 is 9.90 Å². The second kappa shape index (κ2) is 3.88. The van der Waals surface area contributed by atoms with Crippen molar-refractivity contribution in [3.05, 3.63) is 41.5 Å². The molecule has 0 radical (unpaired) electrons. The first-order chi connectivity index (χ1) is 8.72. The predicted molar refractivity (Wildman–Crippen MR) is 66.2 cm³/mol. The number of nitrogens with one attached hydrogen (secondary N) is 1. The van der Waals surface area contributed by atoms with Gasteiger partial charge < -0.3 is 10.4 Å². The van der Waals surface area contributed by atoms with Gasteiger partial charge in [0.25, 0.3) is 0 Å². The fraction of sp³-hybridized carbons (Fsp3) is 0.286. The first-order valence-corrected chi connectivity index (χ1v) is 5.91. The fourth-order valence-electron chi connectivity index (χ4n) is 2.96. The van der Waals surface area contributed by atoms with E-state index in [-0.39, 0.29) is 11.8 Å². The molecule has 1 aromatic carbocycles. The van der Waals surface area contributed by atoms with Crippen LogP contribution in [0.15, 0.2) is 30.4 Å². The van der Waals surface area contributed by atoms with Gasteiger partial charge in [-0.3, -0.25) is 0 Å². The molecule has 2 N–H and O–H groups in total. The zero-order valence-corrected chi connectivity index (χ0v) is 9.63. The SMILES string of the molecule is N#Cc1cccc2c1N[C@H](C(=O)O)[C@@H]1CC=C[C@@H]21. The molecule has 4 nitrogen and oxygen atoms in total. The lowest BCUT2D eigenvalue weighted by Gasteiger charge is -2.35. The Morgan fingerprint density at radius 2 is 2.33 bits per heavy atom. The van der Waals surface area contributed by atoms with E-state index in [1.807, 2.05) is 18.2 Å². The maximum absolute atomic E-state index is 11.3. The minimum Gasteiger partial charge on any atom is -0.480 e. The standard InChI is InChI=1S/C14H12N2O2/c15-7-8-3-1-5-10-9-4-2-6-11(9)13(14(17)18)16-12(8)10/h1-5,9,11,13,16H,6H2,(H,17,18)/t9-,11+,13-/m0/s1. The molecule has 1 aromatic rings. The predicted octanol–water partition coefficient (Wildman–Crippen LogP) is 2.10. The van der Waals surface area contributed by atoms with Crippen molar-refractivity contribution in [1.82, 2.24) is 0 Å². The second-order valence-electron chi connectivity index (χ2n) is 4.70. The third-order valence-corrected chi connectivity index (χ3v) is 3.78. The molecule has 4 heteroatoms. The second-order valence-corrected chi connectivity index (χ2v) is 4.70. The van der Waals surface area contributed by atoms with Crippen LogP contribution < -0.4 is 5.32 Å². The average Bonchev–Trinajstić information content (AvgIpc) is 2.86. The highest BCUT2D eigenvalue weighted by Gasteiger charge is 2.41. The summed E-state index contributed by atoms with van der Waals surface area (Å²) < 4.78 is 0. The molecular weight excluding hydrogens is 228 g/mol. The largest absolute Gasteiger partial charge is 0.480 e. The van der Waals surface area contributed by atoms with Gasteiger partial charge in [0.05, 0.1) is 11.3 Å². The zero-order chi connectivity index (χ0) is 12.7. The summed E-state index contributed by atoms with van der Waals surface area (Å²) in [5, 5.41) is 21.4. The van der Waals surface area contributed by atoms with E-state index in [1.54, 1.807) is 6.07 Å². The summed E-state index contributed by atoms with van der Waals surface area (Å²) in [5.74, 6) is -0.702. The number of nitriles is 1. The minimum atomic E-state index is -0.855. The number of nitrogens with zero attached hydrogens (tertiary/aromatic N) is 1. The summed E-state index contributed by atoms with van der Waals surface area (Å²) in [4.78, 5) is 11.3. The van der Waals surface area contributed by atoms with Crippen LogP contribution >= 0.6 is 0 Å². The van der Waals surface area contributed by atoms with Crippen molar-refractivity contribution in [1.29, 1.82) is 5.26 Å². The van der Waals surface area contributed by atoms with Crippen molar-refractivity contribution >= 4 is 11.7 Å². The number of allylic oxidation sites excluding steroid dienone is 2. The fourth-order valence-corrected chi connectivity index (χ4v) is 2.96. The third-order valence-electron chi connectivity index (χ3n) is 3.78. The maximum atomic E-state index is 11.3. The molecule has 0 bridgehead atoms. The van der Waals surface area contributed by atoms with Gasteiger partial charge in [0.1, 0.15) is 12.1 Å². The van der Waals surface area contributed by atoms with Gasteiger partial charge in [0, 0.05) is 11.8 Å². The molecule has 1 aliphatic carbocycles. The topological polar surface area (TPSA) is 73.1 Å². The van der Waals surface area contributed by atoms with Gasteiger partial charge in [-0.05, 0) is 18.1 Å². The molecule has 3 atom stereocenters. The third kappa shape index (κ3) is 1.41. The van der Waals surface area contributed by atoms with Crippen molar-refractivity contribution in [3.63, 3.8) is 0 Å². The van der Waals surface area contributed by atoms with E-state index in [0.717, 1.165) is 12.0 Å². The molecule has 90 valence electrons. The Labute approximate surface area is 105 Å². The van der Waals surface area contributed by atoms with Crippen molar-refractivity contribution in [2.24, 2.45) is 5.92 Å². The van der Waals surface area contributed by atoms with E-state index in [0.29, 0.717) is 11.3 Å². The monoisotopic (exact) mass is 240 g/mol. The van der Waals surface area contributed by atoms with Crippen LogP contribution in [-0.2, 0) is 4.79 Å². The van der Waals surface area contributed by atoms with Gasteiger partial charge in [-0.25, -0.2) is 4.79 Å². The molecule has 1 heterocycles. The Balaban J connectivity index is 2.15. The number of hydrogen-bond donors (Lipinski definition) is 2. The number of carboxylic acids is 1. The molecule has 0 fully saturated rings. The van der Waals surface area contributed by atoms with E-state index in [1.165, 1.54) is 0 Å². The number of fused-ring (bicyclic) bond motifs is 3. The van der Waals surface area contributed by atoms with Crippen LogP contribution in [0.5, 0.6) is 0 Å². The van der Waals surface area contributed by atoms with Crippen molar-refractivity contribution in [3.8, 4) is 6.07 Å². The van der Waals surface area contributed by atoms with E-state index < -0.39 is 12.0 Å². The van der Waals surface area contributed by atoms with E-state index in [9.17, 15) is 9.90 Å². The molecule has 0 amide bonds. The molecule has 0 aromatic heterocycles. The van der Waals surface area contributed by atoms with Gasteiger partial charge in [-0.15, -0.1) is 0 Å². The van der Waals surface area contributed by atoms with Gasteiger partial charge >= 0.3 is 5.97 Å². The average molecular weight is 240 g/mol. The van der Waals surface area contributed by atoms with Crippen molar-refractivity contribution in [2.75, 3.05) is 5.32 Å². The lowest BCUT2D eigenvalue weighted by molar-refractivity contribution is -0.139. The number of carbonyl (C=O) groups is 1. The Bertz CT molecular complexity index is 586. The van der Waals surface area contributed by atoms with Crippen LogP contribution in [0, 0.1) is 17.2 Å². The number of benzene rings is 1. The molecule has 0 spiro atoms. The number of para-hydroxylation sites is 1. The summed E-state index contributed by atoms with van der Waals surface area (Å²) >= 11 is 0. The number of anilines is 1. The minimum absolute atomic E-state index is 0.0453. The molecule has 18 heavy (non-hydrogen) atoms. The summed E-state index contributed by atoms with van der Waals surface area (Å²) in [7, 11) is 0. The zero-order valence-electron chi connectivity index (χ0n) is 9.63. The number of carboxylic acid groups (broad SMARTS) is 1. The first kappa shape index (κ1) is 10.8. The summed E-state index contributed by atoms with van der Waals surface area (Å²) in [6, 6.07) is 7.03. The van der Waals surface area contributed by atoms with Crippen LogP contribution in [-0.4, -0.2) is 17.1 Å². The molecule has 1 aliphatic heterocycles. The highest BCUT2D eigenvalue weighted by atomic mass is 16.4. The summed E-state index contributed by atoms with van der Waals surface area (Å²) in [6.45, 7) is 0. The Kier molecular flexibility index (Phi) is 2.34. The van der Waals surface area contributed by atoms with Gasteiger partial charge in [0.15, 0.2) is 0 Å². The van der Waals surface area contributed by atoms with E-state index in [4.69, 9.17) is 5.26 Å². The number of hydrogen-bond acceptors (Lipinski definition) is 3. The smallest absolute Gasteiger partial charge is 0.326 e. The molecule has 0 unspecified atom stereocenters. The van der Waals surface area contributed by atoms with Crippen LogP contribution in [0.25, 0.3) is 0 Å². The molecule has 0 saturated carbocycles. The van der Waals surface area contributed by atoms with Gasteiger partial charge in [0.2, 0.25) is 0 Å². The van der Waals surface area contributed by atoms with Crippen LogP contribution in [0.2, 0.25) is 0 Å². The van der Waals surface area contributed by atoms with E-state index >= 15 is 0 Å². The van der Waals surface area contributed by atoms with E-state index in [2.05, 4.69) is 17.5 Å². The highest BCUT2D eigenvalue weighted by Crippen LogP contribution is 2.45. The molecule has 2 aliphatic rings. The normalized spacial score (nSPS) is 27.8. The molecule has 0 saturated heterocycles. The lowest BCUT2D eigenvalue weighted by Crippen LogP contribution is -2.42. The Hall–Kier alpha value is -2.28. The maximum Gasteiger partial charge on any atom is 0.326 e. The number of aliphatic carboxylic acids is 1. The highest BCUT2D eigenvalue weighted by molar-refractivity contribution is 5.82. The molecular formula is C14H12N2O2. The lowest BCUT2D eigenvalue weighted by atomic mass is 9.78. The van der Waals surface area contributed by atoms with Crippen LogP contribution in [0.3, 0.4) is 0 Å². The number of rotatable bonds is 1. The Morgan fingerprint density at radius 1 is 1.50 bits per heavy atom. The quantitative estimate of drug-likeness (QED) is 0.737. The van der Waals surface area contributed by atoms with Crippen molar-refractivity contribution in [2.45, 2.75) is 18.4 Å². The summed E-state index contributed by atoms with van der Waals surface area (Å²) in [6.07, 6.45) is 4.85. The van der Waals surface area contributed by atoms with Crippen LogP contribution in [0.1, 0.15) is 23.5 Å². The van der Waals surface area contributed by atoms with Gasteiger partial charge in [-0.2, -0.15) is 5.26 Å². The first-order valence-electron chi connectivity index (χ1n) is 5.91.